The summed E-state index contributed by atoms with van der Waals surface area (Å²) in [6.07, 6.45) is 7.97. The molecule has 162 valence electrons. The lowest BCUT2D eigenvalue weighted by Gasteiger charge is -2.13. The molecule has 2 rings (SSSR count). The molecule has 0 aromatic heterocycles. The Balaban J connectivity index is 1.85. The summed E-state index contributed by atoms with van der Waals surface area (Å²) in [7, 11) is 0. The minimum atomic E-state index is -0.289. The van der Waals surface area contributed by atoms with E-state index in [0.29, 0.717) is 12.8 Å². The summed E-state index contributed by atoms with van der Waals surface area (Å²) >= 11 is 7.05. The van der Waals surface area contributed by atoms with Crippen LogP contribution in [0.3, 0.4) is 0 Å². The van der Waals surface area contributed by atoms with Crippen molar-refractivity contribution in [1.29, 1.82) is 0 Å². The Labute approximate surface area is 198 Å². The summed E-state index contributed by atoms with van der Waals surface area (Å²) in [6, 6.07) is 15.8. The van der Waals surface area contributed by atoms with Crippen molar-refractivity contribution in [2.45, 2.75) is 74.9 Å². The summed E-state index contributed by atoms with van der Waals surface area (Å²) in [5.74, 6) is 0.147. The van der Waals surface area contributed by atoms with Gasteiger partial charge in [-0.05, 0) is 49.7 Å². The lowest BCUT2D eigenvalue weighted by atomic mass is 9.99. The van der Waals surface area contributed by atoms with Gasteiger partial charge in [-0.15, -0.1) is 0 Å². The van der Waals surface area contributed by atoms with E-state index in [1.807, 2.05) is 48.5 Å². The van der Waals surface area contributed by atoms with Gasteiger partial charge >= 0.3 is 0 Å². The predicted octanol–water partition coefficient (Wildman–Crippen LogP) is 7.74. The van der Waals surface area contributed by atoms with E-state index in [0.717, 1.165) is 36.8 Å². The van der Waals surface area contributed by atoms with Crippen LogP contribution < -0.4 is 0 Å². The SMILES string of the molecule is CCCCc1ccc(C(=O)[C@H](Br)CC[C@H](Br)C(=O)c2ccc(CCCC)cc2)cc1. The van der Waals surface area contributed by atoms with Gasteiger partial charge in [0, 0.05) is 11.1 Å². The number of ketones is 2. The van der Waals surface area contributed by atoms with Gasteiger partial charge in [0.15, 0.2) is 11.6 Å². The smallest absolute Gasteiger partial charge is 0.176 e. The summed E-state index contributed by atoms with van der Waals surface area (Å²) in [5, 5.41) is 0. The number of unbranched alkanes of at least 4 members (excludes halogenated alkanes) is 2. The van der Waals surface area contributed by atoms with Crippen LogP contribution >= 0.6 is 31.9 Å². The predicted molar refractivity (Wildman–Crippen MR) is 133 cm³/mol. The molecule has 0 aliphatic heterocycles. The molecule has 0 aliphatic carbocycles. The number of rotatable bonds is 13. The van der Waals surface area contributed by atoms with Crippen molar-refractivity contribution < 1.29 is 9.59 Å². The topological polar surface area (TPSA) is 34.1 Å². The maximum atomic E-state index is 12.7. The molecule has 0 saturated heterocycles. The van der Waals surface area contributed by atoms with Gasteiger partial charge in [-0.2, -0.15) is 0 Å². The monoisotopic (exact) mass is 534 g/mol. The van der Waals surface area contributed by atoms with Gasteiger partial charge in [0.25, 0.3) is 0 Å². The minimum absolute atomic E-state index is 0.0736. The molecular weight excluding hydrogens is 504 g/mol. The second-order valence-electron chi connectivity index (χ2n) is 7.84. The molecule has 0 saturated carbocycles. The van der Waals surface area contributed by atoms with Gasteiger partial charge in [0.2, 0.25) is 0 Å². The molecule has 0 amide bonds. The van der Waals surface area contributed by atoms with Crippen molar-refractivity contribution in [1.82, 2.24) is 0 Å². The zero-order chi connectivity index (χ0) is 21.9. The third kappa shape index (κ3) is 7.77. The largest absolute Gasteiger partial charge is 0.293 e. The normalized spacial score (nSPS) is 13.1. The zero-order valence-electron chi connectivity index (χ0n) is 18.0. The van der Waals surface area contributed by atoms with Crippen LogP contribution in [0.2, 0.25) is 0 Å². The number of halogens is 2. The fourth-order valence-electron chi connectivity index (χ4n) is 3.35. The molecule has 0 N–H and O–H groups in total. The number of alkyl halides is 2. The molecular formula is C26H32Br2O2. The van der Waals surface area contributed by atoms with Crippen LogP contribution in [0.1, 0.15) is 84.2 Å². The lowest BCUT2D eigenvalue weighted by Crippen LogP contribution is -2.19. The molecule has 2 atom stereocenters. The number of Topliss-reactive ketones (excluding diaryl/α,β-unsaturated/α-hetero) is 2. The van der Waals surface area contributed by atoms with Crippen LogP contribution in [-0.2, 0) is 12.8 Å². The molecule has 2 aromatic carbocycles. The highest BCUT2D eigenvalue weighted by atomic mass is 79.9. The standard InChI is InChI=1S/C26H32Br2O2/c1-3-5-7-19-9-13-21(14-10-19)25(29)23(27)17-18-24(28)26(30)22-15-11-20(12-16-22)8-6-4-2/h9-16,23-24H,3-8,17-18H2,1-2H3/t23-,24+. The van der Waals surface area contributed by atoms with Crippen molar-refractivity contribution in [3.05, 3.63) is 70.8 Å². The summed E-state index contributed by atoms with van der Waals surface area (Å²) in [6.45, 7) is 4.36. The number of carbonyl (C=O) groups is 2. The first-order valence-corrected chi connectivity index (χ1v) is 12.8. The fraction of sp³-hybridized carbons (Fsp3) is 0.462. The minimum Gasteiger partial charge on any atom is -0.293 e. The van der Waals surface area contributed by atoms with Gasteiger partial charge in [0.1, 0.15) is 0 Å². The zero-order valence-corrected chi connectivity index (χ0v) is 21.2. The average molecular weight is 536 g/mol. The Kier molecular flexibility index (Phi) is 11.0. The van der Waals surface area contributed by atoms with E-state index in [1.165, 1.54) is 24.0 Å². The summed E-state index contributed by atoms with van der Waals surface area (Å²) < 4.78 is 0. The van der Waals surface area contributed by atoms with Gasteiger partial charge < -0.3 is 0 Å². The van der Waals surface area contributed by atoms with E-state index in [4.69, 9.17) is 0 Å². The molecule has 2 nitrogen and oxygen atoms in total. The van der Waals surface area contributed by atoms with E-state index in [1.54, 1.807) is 0 Å². The first kappa shape index (κ1) is 25.0. The van der Waals surface area contributed by atoms with Crippen molar-refractivity contribution >= 4 is 43.4 Å². The van der Waals surface area contributed by atoms with Gasteiger partial charge in [-0.25, -0.2) is 0 Å². The third-order valence-corrected chi connectivity index (χ3v) is 7.10. The lowest BCUT2D eigenvalue weighted by molar-refractivity contribution is 0.0965. The third-order valence-electron chi connectivity index (χ3n) is 5.36. The Bertz CT molecular complexity index is 727. The van der Waals surface area contributed by atoms with Crippen molar-refractivity contribution in [2.24, 2.45) is 0 Å². The molecule has 4 heteroatoms. The second kappa shape index (κ2) is 13.2. The highest BCUT2D eigenvalue weighted by Crippen LogP contribution is 2.22. The highest BCUT2D eigenvalue weighted by molar-refractivity contribution is 9.10. The van der Waals surface area contributed by atoms with Crippen LogP contribution in [0.4, 0.5) is 0 Å². The molecule has 0 fully saturated rings. The number of aryl methyl sites for hydroxylation is 2. The van der Waals surface area contributed by atoms with Crippen LogP contribution in [0.15, 0.2) is 48.5 Å². The van der Waals surface area contributed by atoms with E-state index in [2.05, 4.69) is 45.7 Å². The van der Waals surface area contributed by atoms with E-state index >= 15 is 0 Å². The Morgan fingerprint density at radius 1 is 0.667 bits per heavy atom. The number of benzene rings is 2. The number of hydrogen-bond donors (Lipinski definition) is 0. The molecule has 30 heavy (non-hydrogen) atoms. The fourth-order valence-corrected chi connectivity index (χ4v) is 4.41. The van der Waals surface area contributed by atoms with Crippen molar-refractivity contribution in [3.63, 3.8) is 0 Å². The molecule has 2 aromatic rings. The second-order valence-corrected chi connectivity index (χ2v) is 10.1. The summed E-state index contributed by atoms with van der Waals surface area (Å²) in [5.41, 5.74) is 3.98. The maximum absolute atomic E-state index is 12.7. The Hall–Kier alpha value is -1.26. The molecule has 0 heterocycles. The van der Waals surface area contributed by atoms with E-state index in [9.17, 15) is 9.59 Å². The first-order chi connectivity index (χ1) is 14.5. The molecule has 0 bridgehead atoms. The van der Waals surface area contributed by atoms with Crippen LogP contribution in [-0.4, -0.2) is 21.2 Å². The summed E-state index contributed by atoms with van der Waals surface area (Å²) in [4.78, 5) is 24.8. The van der Waals surface area contributed by atoms with E-state index in [-0.39, 0.29) is 21.2 Å². The maximum Gasteiger partial charge on any atom is 0.176 e. The van der Waals surface area contributed by atoms with Crippen LogP contribution in [0, 0.1) is 0 Å². The highest BCUT2D eigenvalue weighted by Gasteiger charge is 2.22. The molecule has 0 spiro atoms. The Morgan fingerprint density at radius 3 is 1.30 bits per heavy atom. The van der Waals surface area contributed by atoms with Gasteiger partial charge in [-0.1, -0.05) is 107 Å². The molecule has 0 aliphatic rings. The van der Waals surface area contributed by atoms with Gasteiger partial charge in [0.05, 0.1) is 9.65 Å². The van der Waals surface area contributed by atoms with Crippen LogP contribution in [0.25, 0.3) is 0 Å². The van der Waals surface area contributed by atoms with Crippen molar-refractivity contribution in [3.8, 4) is 0 Å². The number of hydrogen-bond acceptors (Lipinski definition) is 2. The van der Waals surface area contributed by atoms with Gasteiger partial charge in [-0.3, -0.25) is 9.59 Å². The number of carbonyl (C=O) groups excluding carboxylic acids is 2. The molecule has 0 radical (unpaired) electrons. The van der Waals surface area contributed by atoms with Crippen molar-refractivity contribution in [2.75, 3.05) is 0 Å². The molecule has 0 unspecified atom stereocenters. The Morgan fingerprint density at radius 2 is 1.00 bits per heavy atom. The van der Waals surface area contributed by atoms with Crippen LogP contribution in [0.5, 0.6) is 0 Å². The van der Waals surface area contributed by atoms with E-state index < -0.39 is 0 Å². The average Bonchev–Trinajstić information content (AvgIpc) is 2.79. The quantitative estimate of drug-likeness (QED) is 0.194. The first-order valence-electron chi connectivity index (χ1n) is 11.0.